The maximum absolute atomic E-state index is 12.1. The van der Waals surface area contributed by atoms with Crippen LogP contribution in [-0.4, -0.2) is 30.5 Å². The summed E-state index contributed by atoms with van der Waals surface area (Å²) in [7, 11) is 0. The first-order chi connectivity index (χ1) is 10.3. The number of rotatable bonds is 4. The number of nitrogens with one attached hydrogen (secondary N) is 2. The molecule has 0 unspecified atom stereocenters. The van der Waals surface area contributed by atoms with Crippen LogP contribution in [0, 0.1) is 11.8 Å². The van der Waals surface area contributed by atoms with Gasteiger partial charge in [-0.25, -0.2) is 0 Å². The summed E-state index contributed by atoms with van der Waals surface area (Å²) < 4.78 is 0. The lowest BCUT2D eigenvalue weighted by Crippen LogP contribution is -2.35. The van der Waals surface area contributed by atoms with Crippen LogP contribution in [0.15, 0.2) is 36.5 Å². The van der Waals surface area contributed by atoms with E-state index in [-0.39, 0.29) is 11.8 Å². The minimum absolute atomic E-state index is 0.107. The minimum atomic E-state index is 0.107. The van der Waals surface area contributed by atoms with Gasteiger partial charge in [0.1, 0.15) is 0 Å². The van der Waals surface area contributed by atoms with E-state index in [1.807, 2.05) is 18.3 Å². The lowest BCUT2D eigenvalue weighted by Gasteiger charge is -2.14. The number of carbonyl (C=O) groups excluding carboxylic acids is 1. The molecule has 110 valence electrons. The summed E-state index contributed by atoms with van der Waals surface area (Å²) in [5.41, 5.74) is 2.22. The van der Waals surface area contributed by atoms with Crippen LogP contribution in [0.1, 0.15) is 12.5 Å². The Labute approximate surface area is 125 Å². The summed E-state index contributed by atoms with van der Waals surface area (Å²) in [6.45, 7) is 4.52. The molecule has 2 heterocycles. The molecule has 2 atom stereocenters. The van der Waals surface area contributed by atoms with Gasteiger partial charge in [0.05, 0.1) is 11.4 Å². The highest BCUT2D eigenvalue weighted by atomic mass is 16.1. The average molecular weight is 283 g/mol. The van der Waals surface area contributed by atoms with E-state index in [9.17, 15) is 4.79 Å². The fourth-order valence-electron chi connectivity index (χ4n) is 2.98. The molecule has 1 aliphatic rings. The molecule has 1 fully saturated rings. The number of amides is 1. The highest BCUT2D eigenvalue weighted by Gasteiger charge is 2.29. The quantitative estimate of drug-likeness (QED) is 0.899. The highest BCUT2D eigenvalue weighted by Crippen LogP contribution is 2.17. The second kappa shape index (κ2) is 6.22. The van der Waals surface area contributed by atoms with Crippen LogP contribution in [0.5, 0.6) is 0 Å². The molecule has 1 amide bonds. The van der Waals surface area contributed by atoms with Crippen molar-refractivity contribution in [2.24, 2.45) is 11.8 Å². The minimum Gasteiger partial charge on any atom is -0.355 e. The smallest absolute Gasteiger partial charge is 0.224 e. The number of hydrogen-bond donors (Lipinski definition) is 2. The molecule has 0 saturated carbocycles. The Bertz CT molecular complexity index is 635. The molecular formula is C17H21N3O. The van der Waals surface area contributed by atoms with E-state index in [1.165, 1.54) is 5.56 Å². The lowest BCUT2D eigenvalue weighted by atomic mass is 9.97. The van der Waals surface area contributed by atoms with E-state index in [1.54, 1.807) is 0 Å². The molecule has 0 radical (unpaired) electrons. The monoisotopic (exact) mass is 283 g/mol. The van der Waals surface area contributed by atoms with Crippen molar-refractivity contribution in [3.63, 3.8) is 0 Å². The number of hydrogen-bond acceptors (Lipinski definition) is 3. The predicted octanol–water partition coefficient (Wildman–Crippen LogP) is 1.75. The third kappa shape index (κ3) is 3.05. The van der Waals surface area contributed by atoms with Gasteiger partial charge < -0.3 is 10.6 Å². The number of aromatic nitrogens is 1. The topological polar surface area (TPSA) is 54.0 Å². The summed E-state index contributed by atoms with van der Waals surface area (Å²) in [6, 6.07) is 10.2. The standard InChI is InChI=1S/C17H21N3O/c1-12-10-18-11-15(12)17(21)20-9-7-14-5-2-4-13-6-3-8-19-16(13)14/h2-6,8,12,15,18H,7,9-11H2,1H3,(H,20,21)/t12-,15-/m1/s1. The highest BCUT2D eigenvalue weighted by molar-refractivity contribution is 5.82. The number of nitrogens with zero attached hydrogens (tertiary/aromatic N) is 1. The Hall–Kier alpha value is -1.94. The molecule has 21 heavy (non-hydrogen) atoms. The normalized spacial score (nSPS) is 21.6. The van der Waals surface area contributed by atoms with Crippen molar-refractivity contribution in [2.45, 2.75) is 13.3 Å². The molecule has 2 N–H and O–H groups in total. The number of pyridine rings is 1. The van der Waals surface area contributed by atoms with Gasteiger partial charge in [0.15, 0.2) is 0 Å². The predicted molar refractivity (Wildman–Crippen MR) is 84.0 cm³/mol. The summed E-state index contributed by atoms with van der Waals surface area (Å²) >= 11 is 0. The van der Waals surface area contributed by atoms with Gasteiger partial charge in [-0.3, -0.25) is 9.78 Å². The van der Waals surface area contributed by atoms with Gasteiger partial charge in [-0.2, -0.15) is 0 Å². The molecular weight excluding hydrogens is 262 g/mol. The molecule has 0 spiro atoms. The zero-order valence-corrected chi connectivity index (χ0v) is 12.3. The molecule has 0 bridgehead atoms. The third-order valence-corrected chi connectivity index (χ3v) is 4.26. The van der Waals surface area contributed by atoms with Crippen molar-refractivity contribution in [2.75, 3.05) is 19.6 Å². The van der Waals surface area contributed by atoms with Crippen molar-refractivity contribution in [1.29, 1.82) is 0 Å². The van der Waals surface area contributed by atoms with E-state index >= 15 is 0 Å². The van der Waals surface area contributed by atoms with E-state index < -0.39 is 0 Å². The summed E-state index contributed by atoms with van der Waals surface area (Å²) in [5.74, 6) is 0.695. The van der Waals surface area contributed by atoms with Gasteiger partial charge in [-0.05, 0) is 30.5 Å². The Kier molecular flexibility index (Phi) is 4.15. The summed E-state index contributed by atoms with van der Waals surface area (Å²) in [6.07, 6.45) is 2.63. The Balaban J connectivity index is 1.61. The van der Waals surface area contributed by atoms with E-state index in [2.05, 4.69) is 40.7 Å². The van der Waals surface area contributed by atoms with Crippen LogP contribution < -0.4 is 10.6 Å². The first kappa shape index (κ1) is 14.0. The van der Waals surface area contributed by atoms with Crippen LogP contribution >= 0.6 is 0 Å². The SMILES string of the molecule is C[C@@H]1CNC[C@H]1C(=O)NCCc1cccc2cccnc12. The van der Waals surface area contributed by atoms with Crippen LogP contribution in [0.2, 0.25) is 0 Å². The zero-order valence-electron chi connectivity index (χ0n) is 12.3. The maximum atomic E-state index is 12.1. The Morgan fingerprint density at radius 3 is 3.00 bits per heavy atom. The number of para-hydroxylation sites is 1. The van der Waals surface area contributed by atoms with Gasteiger partial charge in [-0.1, -0.05) is 31.2 Å². The van der Waals surface area contributed by atoms with E-state index in [0.717, 1.165) is 30.4 Å². The van der Waals surface area contributed by atoms with Gasteiger partial charge in [-0.15, -0.1) is 0 Å². The molecule has 3 rings (SSSR count). The van der Waals surface area contributed by atoms with E-state index in [4.69, 9.17) is 0 Å². The van der Waals surface area contributed by atoms with Crippen molar-refractivity contribution in [1.82, 2.24) is 15.6 Å². The van der Waals surface area contributed by atoms with Crippen molar-refractivity contribution in [3.05, 3.63) is 42.1 Å². The van der Waals surface area contributed by atoms with Crippen LogP contribution in [0.3, 0.4) is 0 Å². The van der Waals surface area contributed by atoms with Crippen molar-refractivity contribution in [3.8, 4) is 0 Å². The van der Waals surface area contributed by atoms with Crippen LogP contribution in [0.25, 0.3) is 10.9 Å². The molecule has 1 saturated heterocycles. The Morgan fingerprint density at radius 1 is 1.33 bits per heavy atom. The number of benzene rings is 1. The molecule has 0 aliphatic carbocycles. The molecule has 2 aromatic rings. The second-order valence-corrected chi connectivity index (χ2v) is 5.78. The second-order valence-electron chi connectivity index (χ2n) is 5.78. The fourth-order valence-corrected chi connectivity index (χ4v) is 2.98. The van der Waals surface area contributed by atoms with Crippen molar-refractivity contribution < 1.29 is 4.79 Å². The Morgan fingerprint density at radius 2 is 2.19 bits per heavy atom. The summed E-state index contributed by atoms with van der Waals surface area (Å²) in [5, 5.41) is 7.47. The molecule has 1 aromatic heterocycles. The third-order valence-electron chi connectivity index (χ3n) is 4.26. The van der Waals surface area contributed by atoms with Gasteiger partial charge in [0.2, 0.25) is 5.91 Å². The van der Waals surface area contributed by atoms with Crippen LogP contribution in [-0.2, 0) is 11.2 Å². The van der Waals surface area contributed by atoms with Gasteiger partial charge >= 0.3 is 0 Å². The first-order valence-electron chi connectivity index (χ1n) is 7.57. The zero-order chi connectivity index (χ0) is 14.7. The van der Waals surface area contributed by atoms with Crippen molar-refractivity contribution >= 4 is 16.8 Å². The number of fused-ring (bicyclic) bond motifs is 1. The lowest BCUT2D eigenvalue weighted by molar-refractivity contribution is -0.125. The van der Waals surface area contributed by atoms with E-state index in [0.29, 0.717) is 12.5 Å². The maximum Gasteiger partial charge on any atom is 0.224 e. The van der Waals surface area contributed by atoms with Gasteiger partial charge in [0.25, 0.3) is 0 Å². The average Bonchev–Trinajstić information content (AvgIpc) is 2.93. The molecule has 4 nitrogen and oxygen atoms in total. The van der Waals surface area contributed by atoms with Crippen LogP contribution in [0.4, 0.5) is 0 Å². The summed E-state index contributed by atoms with van der Waals surface area (Å²) in [4.78, 5) is 16.6. The van der Waals surface area contributed by atoms with Gasteiger partial charge in [0, 0.05) is 24.7 Å². The number of carbonyl (C=O) groups is 1. The largest absolute Gasteiger partial charge is 0.355 e. The fraction of sp³-hybridized carbons (Fsp3) is 0.412. The molecule has 4 heteroatoms. The first-order valence-corrected chi connectivity index (χ1v) is 7.57. The molecule has 1 aliphatic heterocycles. The molecule has 1 aromatic carbocycles.